The molecule has 1 nitrogen and oxygen atoms in total. The van der Waals surface area contributed by atoms with Crippen LogP contribution in [0.3, 0.4) is 0 Å². The number of fused-ring (bicyclic) bond motifs is 1. The van der Waals surface area contributed by atoms with Gasteiger partial charge in [0.1, 0.15) is 0 Å². The summed E-state index contributed by atoms with van der Waals surface area (Å²) in [6.07, 6.45) is -3.72. The van der Waals surface area contributed by atoms with Gasteiger partial charge in [0, 0.05) is 13.1 Å². The molecular weight excluding hydrogens is 215 g/mol. The Balaban J connectivity index is 2.39. The van der Waals surface area contributed by atoms with E-state index in [-0.39, 0.29) is 0 Å². The summed E-state index contributed by atoms with van der Waals surface area (Å²) in [6.45, 7) is 4.26. The molecule has 0 saturated carbocycles. The summed E-state index contributed by atoms with van der Waals surface area (Å²) < 4.78 is 38.2. The zero-order chi connectivity index (χ0) is 11.8. The lowest BCUT2D eigenvalue weighted by atomic mass is 9.94. The van der Waals surface area contributed by atoms with Gasteiger partial charge < -0.3 is 0 Å². The van der Waals surface area contributed by atoms with Crippen molar-refractivity contribution >= 4 is 0 Å². The molecule has 2 rings (SSSR count). The minimum atomic E-state index is -4.22. The molecule has 0 aromatic heterocycles. The molecule has 1 heterocycles. The molecule has 1 aromatic carbocycles. The Kier molecular flexibility index (Phi) is 2.93. The lowest BCUT2D eigenvalue weighted by molar-refractivity contribution is -0.138. The summed E-state index contributed by atoms with van der Waals surface area (Å²) in [4.78, 5) is 2.16. The Morgan fingerprint density at radius 2 is 2.06 bits per heavy atom. The normalized spacial score (nSPS) is 17.2. The van der Waals surface area contributed by atoms with Gasteiger partial charge in [0.15, 0.2) is 0 Å². The molecule has 0 spiro atoms. The fourth-order valence-electron chi connectivity index (χ4n) is 2.20. The van der Waals surface area contributed by atoms with Crippen LogP contribution in [0.4, 0.5) is 13.2 Å². The highest BCUT2D eigenvalue weighted by Gasteiger charge is 2.34. The average Bonchev–Trinajstić information content (AvgIpc) is 2.26. The highest BCUT2D eigenvalue weighted by Crippen LogP contribution is 2.35. The van der Waals surface area contributed by atoms with Crippen LogP contribution >= 0.6 is 0 Å². The first-order valence-electron chi connectivity index (χ1n) is 5.42. The summed E-state index contributed by atoms with van der Waals surface area (Å²) in [5, 5.41) is 0. The fourth-order valence-corrected chi connectivity index (χ4v) is 2.20. The maximum atomic E-state index is 12.7. The molecule has 4 heteroatoms. The van der Waals surface area contributed by atoms with Gasteiger partial charge in [-0.3, -0.25) is 4.90 Å². The van der Waals surface area contributed by atoms with E-state index in [1.807, 2.05) is 6.92 Å². The van der Waals surface area contributed by atoms with Crippen molar-refractivity contribution in [2.75, 3.05) is 13.1 Å². The van der Waals surface area contributed by atoms with Crippen molar-refractivity contribution in [3.05, 3.63) is 34.9 Å². The molecule has 0 atom stereocenters. The van der Waals surface area contributed by atoms with Crippen molar-refractivity contribution in [1.82, 2.24) is 4.90 Å². The van der Waals surface area contributed by atoms with Gasteiger partial charge in [-0.25, -0.2) is 0 Å². The number of likely N-dealkylation sites (N-methyl/N-ethyl adjacent to an activating group) is 1. The number of alkyl halides is 3. The molecule has 0 aliphatic carbocycles. The Bertz CT molecular complexity index is 384. The Morgan fingerprint density at radius 1 is 1.31 bits per heavy atom. The van der Waals surface area contributed by atoms with E-state index in [9.17, 15) is 13.2 Å². The molecule has 1 aliphatic rings. The van der Waals surface area contributed by atoms with Crippen LogP contribution in [0.15, 0.2) is 18.2 Å². The monoisotopic (exact) mass is 229 g/mol. The third-order valence-corrected chi connectivity index (χ3v) is 3.10. The van der Waals surface area contributed by atoms with Crippen LogP contribution in [0.25, 0.3) is 0 Å². The Hall–Kier alpha value is -1.03. The Morgan fingerprint density at radius 3 is 2.69 bits per heavy atom. The first kappa shape index (κ1) is 11.5. The second kappa shape index (κ2) is 4.09. The lowest BCUT2D eigenvalue weighted by Crippen LogP contribution is -2.31. The molecule has 0 radical (unpaired) electrons. The first-order chi connectivity index (χ1) is 7.52. The fraction of sp³-hybridized carbons (Fsp3) is 0.500. The number of hydrogen-bond acceptors (Lipinski definition) is 1. The van der Waals surface area contributed by atoms with Gasteiger partial charge in [-0.15, -0.1) is 0 Å². The van der Waals surface area contributed by atoms with Gasteiger partial charge in [0.25, 0.3) is 0 Å². The van der Waals surface area contributed by atoms with E-state index in [4.69, 9.17) is 0 Å². The van der Waals surface area contributed by atoms with Crippen molar-refractivity contribution in [3.8, 4) is 0 Å². The zero-order valence-electron chi connectivity index (χ0n) is 9.14. The Labute approximate surface area is 92.9 Å². The second-order valence-electron chi connectivity index (χ2n) is 4.06. The van der Waals surface area contributed by atoms with E-state index in [1.54, 1.807) is 6.07 Å². The van der Waals surface area contributed by atoms with Gasteiger partial charge in [-0.1, -0.05) is 19.1 Å². The molecule has 0 bridgehead atoms. The van der Waals surface area contributed by atoms with E-state index >= 15 is 0 Å². The smallest absolute Gasteiger partial charge is 0.299 e. The van der Waals surface area contributed by atoms with Gasteiger partial charge in [0.2, 0.25) is 0 Å². The number of hydrogen-bond donors (Lipinski definition) is 0. The molecule has 88 valence electrons. The highest BCUT2D eigenvalue weighted by atomic mass is 19.4. The van der Waals surface area contributed by atoms with E-state index in [1.165, 1.54) is 12.1 Å². The summed E-state index contributed by atoms with van der Waals surface area (Å²) in [7, 11) is 0. The van der Waals surface area contributed by atoms with Crippen LogP contribution in [0.2, 0.25) is 0 Å². The molecular formula is C12H14F3N. The topological polar surface area (TPSA) is 3.24 Å². The van der Waals surface area contributed by atoms with Crippen LogP contribution < -0.4 is 0 Å². The summed E-state index contributed by atoms with van der Waals surface area (Å²) in [5.74, 6) is 0. The summed E-state index contributed by atoms with van der Waals surface area (Å²) >= 11 is 0. The maximum Gasteiger partial charge on any atom is 0.416 e. The first-order valence-corrected chi connectivity index (χ1v) is 5.42. The number of rotatable bonds is 1. The van der Waals surface area contributed by atoms with E-state index in [0.29, 0.717) is 18.5 Å². The summed E-state index contributed by atoms with van der Waals surface area (Å²) in [5.41, 5.74) is 0.850. The minimum Gasteiger partial charge on any atom is -0.299 e. The molecule has 0 amide bonds. The van der Waals surface area contributed by atoms with Gasteiger partial charge >= 0.3 is 6.18 Å². The third kappa shape index (κ3) is 2.07. The van der Waals surface area contributed by atoms with Gasteiger partial charge in [0.05, 0.1) is 5.56 Å². The highest BCUT2D eigenvalue weighted by molar-refractivity contribution is 5.38. The van der Waals surface area contributed by atoms with Crippen LogP contribution in [-0.4, -0.2) is 18.0 Å². The van der Waals surface area contributed by atoms with Crippen molar-refractivity contribution in [2.45, 2.75) is 26.1 Å². The van der Waals surface area contributed by atoms with Crippen molar-refractivity contribution in [2.24, 2.45) is 0 Å². The predicted octanol–water partition coefficient (Wildman–Crippen LogP) is 3.08. The molecule has 0 N–H and O–H groups in total. The van der Waals surface area contributed by atoms with Crippen molar-refractivity contribution < 1.29 is 13.2 Å². The zero-order valence-corrected chi connectivity index (χ0v) is 9.14. The molecule has 1 aromatic rings. The minimum absolute atomic E-state index is 0.458. The predicted molar refractivity (Wildman–Crippen MR) is 56.1 cm³/mol. The maximum absolute atomic E-state index is 12.7. The molecule has 0 unspecified atom stereocenters. The molecule has 16 heavy (non-hydrogen) atoms. The number of nitrogens with zero attached hydrogens (tertiary/aromatic N) is 1. The summed E-state index contributed by atoms with van der Waals surface area (Å²) in [6, 6.07) is 4.48. The van der Waals surface area contributed by atoms with E-state index in [2.05, 4.69) is 4.90 Å². The van der Waals surface area contributed by atoms with Crippen LogP contribution in [0.5, 0.6) is 0 Å². The molecule has 0 fully saturated rings. The molecule has 1 aliphatic heterocycles. The van der Waals surface area contributed by atoms with Crippen molar-refractivity contribution in [1.29, 1.82) is 0 Å². The van der Waals surface area contributed by atoms with E-state index < -0.39 is 11.7 Å². The van der Waals surface area contributed by atoms with E-state index in [0.717, 1.165) is 18.7 Å². The lowest BCUT2D eigenvalue weighted by Gasteiger charge is -2.29. The largest absolute Gasteiger partial charge is 0.416 e. The third-order valence-electron chi connectivity index (χ3n) is 3.10. The van der Waals surface area contributed by atoms with Crippen molar-refractivity contribution in [3.63, 3.8) is 0 Å². The standard InChI is InChI=1S/C12H14F3N/c1-2-16-7-6-10-9(8-16)4-3-5-11(10)12(13,14)15/h3-5H,2,6-8H2,1H3. The van der Waals surface area contributed by atoms with Crippen LogP contribution in [0, 0.1) is 0 Å². The number of halogens is 3. The average molecular weight is 229 g/mol. The second-order valence-corrected chi connectivity index (χ2v) is 4.06. The van der Waals surface area contributed by atoms with Crippen LogP contribution in [-0.2, 0) is 19.1 Å². The molecule has 0 saturated heterocycles. The van der Waals surface area contributed by atoms with Gasteiger partial charge in [-0.05, 0) is 30.2 Å². The van der Waals surface area contributed by atoms with Gasteiger partial charge in [-0.2, -0.15) is 13.2 Å². The van der Waals surface area contributed by atoms with Crippen LogP contribution in [0.1, 0.15) is 23.6 Å². The SMILES string of the molecule is CCN1CCc2c(cccc2C(F)(F)F)C1. The quantitative estimate of drug-likeness (QED) is 0.715. The number of benzene rings is 1.